The maximum atomic E-state index is 10.8. The molecule has 1 rings (SSSR count). The molecule has 0 heterocycles. The van der Waals surface area contributed by atoms with E-state index in [2.05, 4.69) is 0 Å². The Morgan fingerprint density at radius 3 is 2.28 bits per heavy atom. The molecule has 0 unspecified atom stereocenters. The molecule has 0 aliphatic rings. The van der Waals surface area contributed by atoms with Gasteiger partial charge in [-0.3, -0.25) is 0 Å². The quantitative estimate of drug-likeness (QED) is 0.747. The Morgan fingerprint density at radius 1 is 1.22 bits per heavy atom. The molecule has 1 aromatic rings. The van der Waals surface area contributed by atoms with Gasteiger partial charge in [-0.1, -0.05) is 12.1 Å². The van der Waals surface area contributed by atoms with E-state index in [9.17, 15) is 9.59 Å². The summed E-state index contributed by atoms with van der Waals surface area (Å²) in [6.07, 6.45) is -0.652. The van der Waals surface area contributed by atoms with Crippen LogP contribution in [0.25, 0.3) is 0 Å². The smallest absolute Gasteiger partial charge is 0.341 e. The van der Waals surface area contributed by atoms with Gasteiger partial charge in [-0.05, 0) is 17.7 Å². The third-order valence-corrected chi connectivity index (χ3v) is 2.27. The third kappa shape index (κ3) is 4.42. The first-order chi connectivity index (χ1) is 8.52. The number of benzene rings is 1. The van der Waals surface area contributed by atoms with Gasteiger partial charge in [0.1, 0.15) is 5.75 Å². The summed E-state index contributed by atoms with van der Waals surface area (Å²) in [5, 5.41) is 17.3. The predicted octanol–water partition coefficient (Wildman–Crippen LogP) is 0.792. The lowest BCUT2D eigenvalue weighted by Gasteiger charge is -2.10. The van der Waals surface area contributed by atoms with E-state index in [-0.39, 0.29) is 6.42 Å². The number of aliphatic carboxylic acids is 2. The second-order valence-electron chi connectivity index (χ2n) is 3.59. The van der Waals surface area contributed by atoms with Crippen molar-refractivity contribution < 1.29 is 29.3 Å². The lowest BCUT2D eigenvalue weighted by atomic mass is 10.1. The highest BCUT2D eigenvalue weighted by molar-refractivity contribution is 5.72. The Hall–Kier alpha value is -2.08. The third-order valence-electron chi connectivity index (χ3n) is 2.27. The van der Waals surface area contributed by atoms with Gasteiger partial charge in [-0.2, -0.15) is 0 Å². The zero-order valence-corrected chi connectivity index (χ0v) is 9.83. The highest BCUT2D eigenvalue weighted by Crippen LogP contribution is 2.14. The molecule has 18 heavy (non-hydrogen) atoms. The summed E-state index contributed by atoms with van der Waals surface area (Å²) in [4.78, 5) is 21.1. The Bertz CT molecular complexity index is 411. The van der Waals surface area contributed by atoms with Crippen LogP contribution in [0.3, 0.4) is 0 Å². The highest BCUT2D eigenvalue weighted by Gasteiger charge is 2.16. The van der Waals surface area contributed by atoms with E-state index in [0.717, 1.165) is 5.56 Å². The molecule has 98 valence electrons. The number of ether oxygens (including phenoxy) is 2. The number of carboxylic acid groups (broad SMARTS) is 2. The number of rotatable bonds is 7. The van der Waals surface area contributed by atoms with Crippen molar-refractivity contribution in [2.45, 2.75) is 12.5 Å². The fourth-order valence-electron chi connectivity index (χ4n) is 1.35. The van der Waals surface area contributed by atoms with Crippen LogP contribution in [0.5, 0.6) is 5.75 Å². The van der Waals surface area contributed by atoms with Crippen LogP contribution in [-0.2, 0) is 20.7 Å². The molecule has 0 bridgehead atoms. The summed E-state index contributed by atoms with van der Waals surface area (Å²) in [6, 6.07) is 6.53. The summed E-state index contributed by atoms with van der Waals surface area (Å²) in [5.74, 6) is -1.65. The molecule has 0 saturated carbocycles. The number of carboxylic acids is 2. The van der Waals surface area contributed by atoms with Crippen LogP contribution in [0.1, 0.15) is 5.56 Å². The first-order valence-corrected chi connectivity index (χ1v) is 5.22. The minimum atomic E-state index is -1.05. The SMILES string of the molecule is CO[C@@H](Cc1ccc(OCC(=O)O)cc1)C(=O)O. The Labute approximate surface area is 104 Å². The van der Waals surface area contributed by atoms with Crippen LogP contribution < -0.4 is 4.74 Å². The molecular weight excluding hydrogens is 240 g/mol. The molecule has 0 fully saturated rings. The maximum Gasteiger partial charge on any atom is 0.341 e. The minimum absolute atomic E-state index is 0.241. The van der Waals surface area contributed by atoms with Crippen molar-refractivity contribution in [3.8, 4) is 5.75 Å². The van der Waals surface area contributed by atoms with Crippen molar-refractivity contribution in [2.75, 3.05) is 13.7 Å². The molecule has 0 saturated heterocycles. The zero-order valence-electron chi connectivity index (χ0n) is 9.83. The average molecular weight is 254 g/mol. The van der Waals surface area contributed by atoms with Crippen molar-refractivity contribution in [3.63, 3.8) is 0 Å². The summed E-state index contributed by atoms with van der Waals surface area (Å²) < 4.78 is 9.77. The van der Waals surface area contributed by atoms with Gasteiger partial charge in [0.2, 0.25) is 0 Å². The van der Waals surface area contributed by atoms with Crippen LogP contribution in [0.15, 0.2) is 24.3 Å². The van der Waals surface area contributed by atoms with E-state index >= 15 is 0 Å². The number of hydrogen-bond donors (Lipinski definition) is 2. The zero-order chi connectivity index (χ0) is 13.5. The highest BCUT2D eigenvalue weighted by atomic mass is 16.5. The fraction of sp³-hybridized carbons (Fsp3) is 0.333. The molecule has 2 N–H and O–H groups in total. The largest absolute Gasteiger partial charge is 0.482 e. The van der Waals surface area contributed by atoms with Gasteiger partial charge in [0.05, 0.1) is 0 Å². The molecule has 6 heteroatoms. The number of methoxy groups -OCH3 is 1. The molecule has 6 nitrogen and oxygen atoms in total. The van der Waals surface area contributed by atoms with E-state index in [4.69, 9.17) is 19.7 Å². The van der Waals surface area contributed by atoms with Gasteiger partial charge in [0, 0.05) is 13.5 Å². The number of hydrogen-bond acceptors (Lipinski definition) is 4. The first-order valence-electron chi connectivity index (χ1n) is 5.22. The van der Waals surface area contributed by atoms with Gasteiger partial charge in [0.25, 0.3) is 0 Å². The standard InChI is InChI=1S/C12H14O6/c1-17-10(12(15)16)6-8-2-4-9(5-3-8)18-7-11(13)14/h2-5,10H,6-7H2,1H3,(H,13,14)(H,15,16)/t10-/m0/s1. The summed E-state index contributed by atoms with van der Waals surface area (Å²) in [7, 11) is 1.34. The van der Waals surface area contributed by atoms with Gasteiger partial charge in [-0.25, -0.2) is 9.59 Å². The van der Waals surface area contributed by atoms with Crippen LogP contribution in [0.2, 0.25) is 0 Å². The number of carbonyl (C=O) groups is 2. The minimum Gasteiger partial charge on any atom is -0.482 e. The normalized spacial score (nSPS) is 11.8. The summed E-state index contributed by atoms with van der Waals surface area (Å²) in [6.45, 7) is -0.408. The second kappa shape index (κ2) is 6.61. The average Bonchev–Trinajstić information content (AvgIpc) is 2.34. The van der Waals surface area contributed by atoms with Crippen LogP contribution in [0.4, 0.5) is 0 Å². The van der Waals surface area contributed by atoms with Crippen LogP contribution >= 0.6 is 0 Å². The van der Waals surface area contributed by atoms with Crippen molar-refractivity contribution in [2.24, 2.45) is 0 Å². The van der Waals surface area contributed by atoms with Gasteiger partial charge in [-0.15, -0.1) is 0 Å². The Balaban J connectivity index is 2.59. The van der Waals surface area contributed by atoms with Gasteiger partial charge >= 0.3 is 11.9 Å². The summed E-state index contributed by atoms with van der Waals surface area (Å²) >= 11 is 0. The van der Waals surface area contributed by atoms with Crippen molar-refractivity contribution >= 4 is 11.9 Å². The lowest BCUT2D eigenvalue weighted by Crippen LogP contribution is -2.24. The maximum absolute atomic E-state index is 10.8. The van der Waals surface area contributed by atoms with E-state index in [1.165, 1.54) is 7.11 Å². The second-order valence-corrected chi connectivity index (χ2v) is 3.59. The summed E-state index contributed by atoms with van der Waals surface area (Å²) in [5.41, 5.74) is 0.770. The molecule has 1 aromatic carbocycles. The molecule has 0 spiro atoms. The molecule has 1 atom stereocenters. The Morgan fingerprint density at radius 2 is 1.83 bits per heavy atom. The molecular formula is C12H14O6. The first kappa shape index (κ1) is 14.0. The molecule has 0 aliphatic heterocycles. The molecule has 0 aromatic heterocycles. The van der Waals surface area contributed by atoms with Crippen molar-refractivity contribution in [1.29, 1.82) is 0 Å². The van der Waals surface area contributed by atoms with Crippen molar-refractivity contribution in [3.05, 3.63) is 29.8 Å². The van der Waals surface area contributed by atoms with E-state index in [1.807, 2.05) is 0 Å². The van der Waals surface area contributed by atoms with Crippen LogP contribution in [0, 0.1) is 0 Å². The molecule has 0 aliphatic carbocycles. The topological polar surface area (TPSA) is 93.1 Å². The monoisotopic (exact) mass is 254 g/mol. The predicted molar refractivity (Wildman–Crippen MR) is 61.7 cm³/mol. The van der Waals surface area contributed by atoms with E-state index < -0.39 is 24.6 Å². The van der Waals surface area contributed by atoms with Crippen molar-refractivity contribution in [1.82, 2.24) is 0 Å². The Kier molecular flexibility index (Phi) is 5.13. The molecule has 0 amide bonds. The van der Waals surface area contributed by atoms with Crippen LogP contribution in [-0.4, -0.2) is 42.0 Å². The lowest BCUT2D eigenvalue weighted by molar-refractivity contribution is -0.148. The van der Waals surface area contributed by atoms with E-state index in [1.54, 1.807) is 24.3 Å². The fourth-order valence-corrected chi connectivity index (χ4v) is 1.35. The van der Waals surface area contributed by atoms with Gasteiger partial charge in [0.15, 0.2) is 12.7 Å². The van der Waals surface area contributed by atoms with Gasteiger partial charge < -0.3 is 19.7 Å². The van der Waals surface area contributed by atoms with E-state index in [0.29, 0.717) is 5.75 Å². The molecule has 0 radical (unpaired) electrons.